The Kier molecular flexibility index (Phi) is 6.02. The summed E-state index contributed by atoms with van der Waals surface area (Å²) in [6.45, 7) is 9.17. The lowest BCUT2D eigenvalue weighted by Gasteiger charge is -2.35. The lowest BCUT2D eigenvalue weighted by atomic mass is 10.5. The van der Waals surface area contributed by atoms with E-state index in [4.69, 9.17) is 0 Å². The molecule has 1 N–H and O–H groups in total. The van der Waals surface area contributed by atoms with Gasteiger partial charge in [-0.15, -0.1) is 0 Å². The van der Waals surface area contributed by atoms with E-state index >= 15 is 0 Å². The van der Waals surface area contributed by atoms with Crippen LogP contribution in [0.3, 0.4) is 0 Å². The van der Waals surface area contributed by atoms with Gasteiger partial charge in [-0.1, -0.05) is 20.8 Å². The van der Waals surface area contributed by atoms with Gasteiger partial charge in [0, 0.05) is 0 Å². The number of hydrogen-bond donors (Lipinski definition) is 1. The molecule has 0 heterocycles. The van der Waals surface area contributed by atoms with Crippen LogP contribution < -0.4 is 5.32 Å². The summed E-state index contributed by atoms with van der Waals surface area (Å²) >= 11 is 0. The summed E-state index contributed by atoms with van der Waals surface area (Å²) in [6, 6.07) is 0. The number of rotatable bonds is 6. The Morgan fingerprint density at radius 2 is 1.83 bits per heavy atom. The standard InChI is InChI=1S/C10H25NS/c1-6-11-8-7-9-12(4,5)10(2)3/h10-11H,6-9H2,1-5H3. The fourth-order valence-corrected chi connectivity index (χ4v) is 2.34. The van der Waals surface area contributed by atoms with Gasteiger partial charge in [-0.05, 0) is 43.0 Å². The summed E-state index contributed by atoms with van der Waals surface area (Å²) in [4.78, 5) is 0. The van der Waals surface area contributed by atoms with Crippen LogP contribution in [0.25, 0.3) is 0 Å². The van der Waals surface area contributed by atoms with Crippen LogP contribution in [0.1, 0.15) is 27.2 Å². The quantitative estimate of drug-likeness (QED) is 0.636. The maximum atomic E-state index is 3.37. The molecule has 0 aliphatic heterocycles. The predicted octanol–water partition coefficient (Wildman–Crippen LogP) is 2.46. The smallest absolute Gasteiger partial charge is 0.00417 e. The van der Waals surface area contributed by atoms with Crippen molar-refractivity contribution in [2.45, 2.75) is 32.4 Å². The zero-order valence-corrected chi connectivity index (χ0v) is 10.1. The molecule has 0 bridgehead atoms. The van der Waals surface area contributed by atoms with Gasteiger partial charge in [-0.25, -0.2) is 10.0 Å². The van der Waals surface area contributed by atoms with Gasteiger partial charge in [0.2, 0.25) is 0 Å². The van der Waals surface area contributed by atoms with Crippen molar-refractivity contribution in [3.05, 3.63) is 0 Å². The normalized spacial score (nSPS) is 13.8. The Bertz CT molecular complexity index is 110. The van der Waals surface area contributed by atoms with E-state index in [1.807, 2.05) is 0 Å². The lowest BCUT2D eigenvalue weighted by Crippen LogP contribution is -2.19. The van der Waals surface area contributed by atoms with Crippen molar-refractivity contribution in [3.8, 4) is 0 Å². The van der Waals surface area contributed by atoms with Gasteiger partial charge in [0.15, 0.2) is 0 Å². The second-order valence-corrected chi connectivity index (χ2v) is 8.68. The van der Waals surface area contributed by atoms with Crippen LogP contribution in [0, 0.1) is 0 Å². The Hall–Kier alpha value is 0.310. The molecular weight excluding hydrogens is 166 g/mol. The van der Waals surface area contributed by atoms with E-state index in [2.05, 4.69) is 38.6 Å². The highest BCUT2D eigenvalue weighted by molar-refractivity contribution is 8.33. The van der Waals surface area contributed by atoms with Crippen molar-refractivity contribution in [3.63, 3.8) is 0 Å². The Morgan fingerprint density at radius 1 is 1.25 bits per heavy atom. The van der Waals surface area contributed by atoms with E-state index in [-0.39, 0.29) is 10.0 Å². The van der Waals surface area contributed by atoms with Gasteiger partial charge in [0.25, 0.3) is 0 Å². The molecule has 0 spiro atoms. The summed E-state index contributed by atoms with van der Waals surface area (Å²) in [7, 11) is -0.319. The maximum Gasteiger partial charge on any atom is -0.00417 e. The highest BCUT2D eigenvalue weighted by atomic mass is 32.3. The molecule has 0 aromatic carbocycles. The monoisotopic (exact) mass is 191 g/mol. The first-order valence-electron chi connectivity index (χ1n) is 4.91. The minimum absolute atomic E-state index is 0.319. The fraction of sp³-hybridized carbons (Fsp3) is 1.00. The van der Waals surface area contributed by atoms with E-state index in [1.165, 1.54) is 18.7 Å². The van der Waals surface area contributed by atoms with Crippen LogP contribution in [0.4, 0.5) is 0 Å². The molecule has 0 saturated carbocycles. The summed E-state index contributed by atoms with van der Waals surface area (Å²) in [5.74, 6) is 1.41. The van der Waals surface area contributed by atoms with Crippen molar-refractivity contribution >= 4 is 10.0 Å². The number of hydrogen-bond acceptors (Lipinski definition) is 1. The molecule has 0 radical (unpaired) electrons. The van der Waals surface area contributed by atoms with Gasteiger partial charge in [-0.2, -0.15) is 0 Å². The third kappa shape index (κ3) is 5.04. The van der Waals surface area contributed by atoms with Gasteiger partial charge >= 0.3 is 0 Å². The minimum atomic E-state index is -0.319. The molecule has 1 nitrogen and oxygen atoms in total. The second kappa shape index (κ2) is 5.87. The lowest BCUT2D eigenvalue weighted by molar-refractivity contribution is 0.705. The summed E-state index contributed by atoms with van der Waals surface area (Å²) in [5.41, 5.74) is 0. The van der Waals surface area contributed by atoms with Crippen LogP contribution in [0.2, 0.25) is 0 Å². The molecule has 0 rings (SSSR count). The molecule has 12 heavy (non-hydrogen) atoms. The molecule has 2 heteroatoms. The van der Waals surface area contributed by atoms with Crippen molar-refractivity contribution in [2.24, 2.45) is 0 Å². The van der Waals surface area contributed by atoms with Crippen molar-refractivity contribution < 1.29 is 0 Å². The molecular formula is C10H25NS. The molecule has 0 amide bonds. The largest absolute Gasteiger partial charge is 0.317 e. The van der Waals surface area contributed by atoms with Crippen LogP contribution >= 0.6 is 10.0 Å². The third-order valence-electron chi connectivity index (χ3n) is 2.55. The zero-order chi connectivity index (χ0) is 9.61. The first kappa shape index (κ1) is 12.3. The van der Waals surface area contributed by atoms with E-state index in [0.717, 1.165) is 11.8 Å². The highest BCUT2D eigenvalue weighted by Gasteiger charge is 2.14. The predicted molar refractivity (Wildman–Crippen MR) is 62.6 cm³/mol. The van der Waals surface area contributed by atoms with Crippen LogP contribution in [0.15, 0.2) is 0 Å². The van der Waals surface area contributed by atoms with E-state index < -0.39 is 0 Å². The average Bonchev–Trinajstić information content (AvgIpc) is 1.98. The molecule has 0 saturated heterocycles. The van der Waals surface area contributed by atoms with Crippen molar-refractivity contribution in [1.82, 2.24) is 5.32 Å². The number of nitrogens with one attached hydrogen (secondary N) is 1. The molecule has 0 aromatic heterocycles. The van der Waals surface area contributed by atoms with Crippen molar-refractivity contribution in [1.29, 1.82) is 0 Å². The van der Waals surface area contributed by atoms with Gasteiger partial charge < -0.3 is 5.32 Å². The molecule has 0 aliphatic carbocycles. The molecule has 76 valence electrons. The molecule has 0 atom stereocenters. The van der Waals surface area contributed by atoms with E-state index in [0.29, 0.717) is 0 Å². The van der Waals surface area contributed by atoms with Crippen molar-refractivity contribution in [2.75, 3.05) is 31.4 Å². The van der Waals surface area contributed by atoms with E-state index in [9.17, 15) is 0 Å². The summed E-state index contributed by atoms with van der Waals surface area (Å²) in [5, 5.41) is 4.25. The zero-order valence-electron chi connectivity index (χ0n) is 9.31. The highest BCUT2D eigenvalue weighted by Crippen LogP contribution is 2.45. The Morgan fingerprint density at radius 3 is 2.25 bits per heavy atom. The summed E-state index contributed by atoms with van der Waals surface area (Å²) < 4.78 is 0. The average molecular weight is 191 g/mol. The molecule has 0 aromatic rings. The fourth-order valence-electron chi connectivity index (χ4n) is 0.982. The molecule has 0 aliphatic rings. The second-order valence-electron chi connectivity index (χ2n) is 4.08. The van der Waals surface area contributed by atoms with Gasteiger partial charge in [0.1, 0.15) is 0 Å². The third-order valence-corrected chi connectivity index (χ3v) is 6.44. The summed E-state index contributed by atoms with van der Waals surface area (Å²) in [6.07, 6.45) is 6.24. The van der Waals surface area contributed by atoms with E-state index in [1.54, 1.807) is 0 Å². The van der Waals surface area contributed by atoms with Crippen LogP contribution in [-0.2, 0) is 0 Å². The van der Waals surface area contributed by atoms with Gasteiger partial charge in [-0.3, -0.25) is 0 Å². The first-order chi connectivity index (χ1) is 5.50. The molecule has 0 unspecified atom stereocenters. The molecule has 0 fully saturated rings. The van der Waals surface area contributed by atoms with Crippen LogP contribution in [0.5, 0.6) is 0 Å². The SMILES string of the molecule is CCNCCCS(C)(C)C(C)C. The Labute approximate surface area is 79.6 Å². The van der Waals surface area contributed by atoms with Crippen LogP contribution in [-0.4, -0.2) is 36.6 Å². The maximum absolute atomic E-state index is 3.37. The minimum Gasteiger partial charge on any atom is -0.317 e. The topological polar surface area (TPSA) is 12.0 Å². The first-order valence-corrected chi connectivity index (χ1v) is 7.59. The van der Waals surface area contributed by atoms with Gasteiger partial charge in [0.05, 0.1) is 0 Å². The Balaban J connectivity index is 3.47.